The van der Waals surface area contributed by atoms with Gasteiger partial charge >= 0.3 is 29.6 Å². The van der Waals surface area contributed by atoms with Crippen LogP contribution in [0, 0.1) is 52.3 Å². The van der Waals surface area contributed by atoms with E-state index in [2.05, 4.69) is 47.6 Å². The molecule has 35 heavy (non-hydrogen) atoms. The largest absolute Gasteiger partial charge is 1.00 e. The Morgan fingerprint density at radius 1 is 1.06 bits per heavy atom. The Balaban J connectivity index is 0.00000342. The van der Waals surface area contributed by atoms with Crippen LogP contribution in [0.25, 0.3) is 0 Å². The second kappa shape index (κ2) is 11.4. The van der Waals surface area contributed by atoms with Crippen LogP contribution in [-0.2, 0) is 14.6 Å². The smallest absolute Gasteiger partial charge is 0.726 e. The predicted molar refractivity (Wildman–Crippen MR) is 137 cm³/mol. The summed E-state index contributed by atoms with van der Waals surface area (Å²) in [4.78, 5) is 0. The monoisotopic (exact) mass is 516 g/mol. The molecule has 6 heteroatoms. The first-order valence-corrected chi connectivity index (χ1v) is 15.6. The molecular weight excluding hydrogens is 467 g/mol. The molecule has 3 fully saturated rings. The van der Waals surface area contributed by atoms with Crippen molar-refractivity contribution in [1.82, 2.24) is 0 Å². The van der Waals surface area contributed by atoms with Gasteiger partial charge in [0.1, 0.15) is 0 Å². The topological polar surface area (TPSA) is 66.4 Å². The fourth-order valence-electron chi connectivity index (χ4n) is 9.54. The van der Waals surface area contributed by atoms with Crippen LogP contribution in [-0.4, -0.2) is 19.1 Å². The van der Waals surface area contributed by atoms with Gasteiger partial charge in [-0.25, -0.2) is 8.42 Å². The van der Waals surface area contributed by atoms with Gasteiger partial charge in [-0.3, -0.25) is 4.18 Å². The normalized spacial score (nSPS) is 40.7. The van der Waals surface area contributed by atoms with E-state index in [1.165, 1.54) is 50.5 Å². The third-order valence-corrected chi connectivity index (χ3v) is 12.0. The van der Waals surface area contributed by atoms with Crippen LogP contribution in [0.15, 0.2) is 11.6 Å². The zero-order chi connectivity index (χ0) is 24.9. The quantitative estimate of drug-likeness (QED) is 0.206. The molecule has 196 valence electrons. The van der Waals surface area contributed by atoms with Gasteiger partial charge < -0.3 is 4.55 Å². The van der Waals surface area contributed by atoms with Crippen LogP contribution in [0.2, 0.25) is 0 Å². The minimum Gasteiger partial charge on any atom is -0.726 e. The standard InChI is InChI=1S/C29H50O4S.Na/c1-7-21(19(2)3)9-8-20(4)25-12-13-26-24-11-10-22-18-23(33-34(30,31)32)14-16-28(22,5)27(24)15-17-29(25,26)6;/h10,19-21,23-27H,7-9,11-18H2,1-6H3,(H,30,31,32);/q;+1/p-1/t20-,21-,23+,24+,25-,26+,27+,28+,29-;/m1./s1. The van der Waals surface area contributed by atoms with E-state index in [0.717, 1.165) is 48.3 Å². The van der Waals surface area contributed by atoms with Crippen LogP contribution in [0.4, 0.5) is 0 Å². The maximum absolute atomic E-state index is 11.2. The van der Waals surface area contributed by atoms with Crippen molar-refractivity contribution in [3.8, 4) is 0 Å². The Labute approximate surface area is 238 Å². The van der Waals surface area contributed by atoms with E-state index < -0.39 is 16.5 Å². The van der Waals surface area contributed by atoms with E-state index in [0.29, 0.717) is 24.2 Å². The van der Waals surface area contributed by atoms with E-state index in [4.69, 9.17) is 4.18 Å². The van der Waals surface area contributed by atoms with E-state index in [-0.39, 0.29) is 35.0 Å². The Morgan fingerprint density at radius 3 is 2.40 bits per heavy atom. The molecule has 0 N–H and O–H groups in total. The maximum atomic E-state index is 11.2. The third-order valence-electron chi connectivity index (χ3n) is 11.5. The number of allylic oxidation sites excluding steroid dienone is 1. The van der Waals surface area contributed by atoms with Gasteiger partial charge in [-0.15, -0.1) is 0 Å². The van der Waals surface area contributed by atoms with E-state index in [1.54, 1.807) is 0 Å². The molecule has 4 nitrogen and oxygen atoms in total. The molecule has 4 aliphatic carbocycles. The summed E-state index contributed by atoms with van der Waals surface area (Å²) in [5.74, 6) is 5.58. The first kappa shape index (κ1) is 30.2. The summed E-state index contributed by atoms with van der Waals surface area (Å²) in [6.07, 6.45) is 14.8. The van der Waals surface area contributed by atoms with Crippen LogP contribution < -0.4 is 29.6 Å². The molecule has 4 rings (SSSR count). The van der Waals surface area contributed by atoms with E-state index in [1.807, 2.05) is 0 Å². The molecule has 0 aromatic rings. The molecule has 0 heterocycles. The minimum atomic E-state index is -4.63. The van der Waals surface area contributed by atoms with Crippen molar-refractivity contribution >= 4 is 10.4 Å². The van der Waals surface area contributed by atoms with Gasteiger partial charge in [-0.2, -0.15) is 0 Å². The van der Waals surface area contributed by atoms with Crippen molar-refractivity contribution in [2.24, 2.45) is 52.3 Å². The predicted octanol–water partition coefficient (Wildman–Crippen LogP) is 4.51. The Kier molecular flexibility index (Phi) is 9.81. The van der Waals surface area contributed by atoms with Gasteiger partial charge in [0, 0.05) is 0 Å². The fourth-order valence-corrected chi connectivity index (χ4v) is 10.0. The number of rotatable bonds is 8. The molecule has 0 spiro atoms. The molecule has 0 aromatic heterocycles. The third kappa shape index (κ3) is 5.96. The number of hydrogen-bond donors (Lipinski definition) is 0. The SMILES string of the molecule is CC[C@H](CC[C@@H](C)[C@H]1CC[C@H]2[C@@H]3CC=C4C[C@@H](OS(=O)(=O)[O-])CC[C@]4(C)[C@H]3CC[C@]12C)C(C)C.[Na+]. The summed E-state index contributed by atoms with van der Waals surface area (Å²) in [5.41, 5.74) is 1.98. The molecule has 3 saturated carbocycles. The minimum absolute atomic E-state index is 0. The first-order valence-electron chi connectivity index (χ1n) is 14.2. The van der Waals surface area contributed by atoms with Crippen molar-refractivity contribution < 1.29 is 46.7 Å². The van der Waals surface area contributed by atoms with Crippen molar-refractivity contribution in [2.45, 2.75) is 118 Å². The average molecular weight is 517 g/mol. The zero-order valence-electron chi connectivity index (χ0n) is 23.5. The Morgan fingerprint density at radius 2 is 1.77 bits per heavy atom. The van der Waals surface area contributed by atoms with Gasteiger partial charge in [-0.1, -0.05) is 66.0 Å². The van der Waals surface area contributed by atoms with E-state index >= 15 is 0 Å². The second-order valence-electron chi connectivity index (χ2n) is 13.3. The zero-order valence-corrected chi connectivity index (χ0v) is 26.3. The molecule has 9 atom stereocenters. The molecule has 4 aliphatic rings. The molecule has 0 aromatic carbocycles. The molecule has 0 amide bonds. The second-order valence-corrected chi connectivity index (χ2v) is 14.3. The van der Waals surface area contributed by atoms with Crippen molar-refractivity contribution in [3.63, 3.8) is 0 Å². The van der Waals surface area contributed by atoms with Crippen LogP contribution in [0.5, 0.6) is 0 Å². The molecule has 0 aliphatic heterocycles. The van der Waals surface area contributed by atoms with E-state index in [9.17, 15) is 13.0 Å². The molecule has 0 bridgehead atoms. The molecular formula is C29H49NaO4S. The number of fused-ring (bicyclic) bond motifs is 5. The summed E-state index contributed by atoms with van der Waals surface area (Å²) in [7, 11) is -4.63. The fraction of sp³-hybridized carbons (Fsp3) is 0.931. The summed E-state index contributed by atoms with van der Waals surface area (Å²) < 4.78 is 38.3. The van der Waals surface area contributed by atoms with Gasteiger partial charge in [0.15, 0.2) is 0 Å². The van der Waals surface area contributed by atoms with Crippen LogP contribution in [0.1, 0.15) is 112 Å². The number of hydrogen-bond acceptors (Lipinski definition) is 4. The van der Waals surface area contributed by atoms with Crippen LogP contribution >= 0.6 is 0 Å². The van der Waals surface area contributed by atoms with Gasteiger partial charge in [0.25, 0.3) is 0 Å². The average Bonchev–Trinajstić information content (AvgIpc) is 3.10. The molecule has 0 unspecified atom stereocenters. The Hall–Kier alpha value is 0.610. The Bertz CT molecular complexity index is 870. The van der Waals surface area contributed by atoms with Crippen LogP contribution in [0.3, 0.4) is 0 Å². The first-order chi connectivity index (χ1) is 15.9. The van der Waals surface area contributed by atoms with Gasteiger partial charge in [0.05, 0.1) is 6.10 Å². The van der Waals surface area contributed by atoms with Crippen molar-refractivity contribution in [1.29, 1.82) is 0 Å². The molecule has 0 radical (unpaired) electrons. The maximum Gasteiger partial charge on any atom is 1.00 e. The summed E-state index contributed by atoms with van der Waals surface area (Å²) in [5, 5.41) is 0. The molecule has 0 saturated heterocycles. The summed E-state index contributed by atoms with van der Waals surface area (Å²) in [6, 6.07) is 0. The summed E-state index contributed by atoms with van der Waals surface area (Å²) >= 11 is 0. The van der Waals surface area contributed by atoms with Gasteiger partial charge in [0.2, 0.25) is 10.4 Å². The van der Waals surface area contributed by atoms with Crippen molar-refractivity contribution in [2.75, 3.05) is 0 Å². The van der Waals surface area contributed by atoms with Gasteiger partial charge in [-0.05, 0) is 110 Å². The van der Waals surface area contributed by atoms with Crippen molar-refractivity contribution in [3.05, 3.63) is 11.6 Å². The summed E-state index contributed by atoms with van der Waals surface area (Å²) in [6.45, 7) is 14.7.